The average Bonchev–Trinajstić information content (AvgIpc) is 3.24. The first kappa shape index (κ1) is 24.1. The minimum atomic E-state index is 0.393. The fourth-order valence-corrected chi connectivity index (χ4v) is 4.33. The molecule has 0 fully saturated rings. The molecular weight excluding hydrogens is 511 g/mol. The molecule has 0 aliphatic heterocycles. The van der Waals surface area contributed by atoms with Gasteiger partial charge in [0.2, 0.25) is 4.77 Å². The van der Waals surface area contributed by atoms with E-state index in [4.69, 9.17) is 45.3 Å². The molecular formula is C28H22Cl2N4OS. The lowest BCUT2D eigenvalue weighted by Gasteiger charge is -2.09. The van der Waals surface area contributed by atoms with Gasteiger partial charge in [-0.1, -0.05) is 59.6 Å². The van der Waals surface area contributed by atoms with Crippen LogP contribution in [-0.4, -0.2) is 14.3 Å². The van der Waals surface area contributed by atoms with Crippen LogP contribution in [0.1, 0.15) is 5.56 Å². The van der Waals surface area contributed by atoms with Crippen LogP contribution < -0.4 is 10.1 Å². The number of aromatic nitrogens is 3. The highest BCUT2D eigenvalue weighted by Crippen LogP contribution is 2.26. The van der Waals surface area contributed by atoms with Gasteiger partial charge in [0, 0.05) is 32.5 Å². The summed E-state index contributed by atoms with van der Waals surface area (Å²) in [5, 5.41) is 9.58. The quantitative estimate of drug-likeness (QED) is 0.205. The third kappa shape index (κ3) is 5.46. The number of ether oxygens (including phenoxy) is 1. The first-order valence-corrected chi connectivity index (χ1v) is 12.5. The molecule has 4 aromatic carbocycles. The highest BCUT2D eigenvalue weighted by atomic mass is 35.5. The molecule has 5 nitrogen and oxygen atoms in total. The summed E-state index contributed by atoms with van der Waals surface area (Å²) in [6, 6.07) is 33.0. The molecule has 1 aromatic heterocycles. The summed E-state index contributed by atoms with van der Waals surface area (Å²) in [5.41, 5.74) is 3.72. The standard InChI is InChI=1S/C28H22Cl2N4OS/c29-22-12-14-23(15-13-22)31-19-33-28(36)34(24-7-2-1-3-8-24)27(32-33)20-10-16-25(17-11-20)35-18-21-6-4-5-9-26(21)30/h1-17,31H,18-19H2. The zero-order valence-electron chi connectivity index (χ0n) is 19.1. The predicted molar refractivity (Wildman–Crippen MR) is 149 cm³/mol. The van der Waals surface area contributed by atoms with Crippen molar-refractivity contribution in [2.45, 2.75) is 13.3 Å². The van der Waals surface area contributed by atoms with Crippen LogP contribution in [0.15, 0.2) is 103 Å². The first-order chi connectivity index (χ1) is 17.6. The summed E-state index contributed by atoms with van der Waals surface area (Å²) >= 11 is 18.1. The Morgan fingerprint density at radius 3 is 2.22 bits per heavy atom. The van der Waals surface area contributed by atoms with Gasteiger partial charge in [0.15, 0.2) is 5.82 Å². The molecule has 0 radical (unpaired) electrons. The number of anilines is 1. The van der Waals surface area contributed by atoms with Crippen LogP contribution in [0.25, 0.3) is 17.1 Å². The molecule has 180 valence electrons. The van der Waals surface area contributed by atoms with Crippen LogP contribution in [0.2, 0.25) is 10.0 Å². The number of hydrogen-bond acceptors (Lipinski definition) is 4. The number of nitrogens with zero attached hydrogens (tertiary/aromatic N) is 3. The first-order valence-electron chi connectivity index (χ1n) is 11.3. The minimum Gasteiger partial charge on any atom is -0.489 e. The Labute approximate surface area is 224 Å². The van der Waals surface area contributed by atoms with E-state index in [9.17, 15) is 0 Å². The molecule has 0 spiro atoms. The molecule has 0 unspecified atom stereocenters. The maximum atomic E-state index is 6.25. The van der Waals surface area contributed by atoms with Crippen LogP contribution in [0.5, 0.6) is 5.75 Å². The molecule has 0 saturated carbocycles. The van der Waals surface area contributed by atoms with Gasteiger partial charge in [0.25, 0.3) is 0 Å². The number of nitrogens with one attached hydrogen (secondary N) is 1. The van der Waals surface area contributed by atoms with Gasteiger partial charge < -0.3 is 10.1 Å². The van der Waals surface area contributed by atoms with Crippen LogP contribution in [0, 0.1) is 4.77 Å². The zero-order valence-corrected chi connectivity index (χ0v) is 21.5. The Bertz CT molecular complexity index is 1510. The van der Waals surface area contributed by atoms with E-state index in [1.165, 1.54) is 0 Å². The Balaban J connectivity index is 1.42. The van der Waals surface area contributed by atoms with Crippen molar-refractivity contribution in [1.29, 1.82) is 0 Å². The maximum absolute atomic E-state index is 6.25. The summed E-state index contributed by atoms with van der Waals surface area (Å²) in [5.74, 6) is 1.48. The Morgan fingerprint density at radius 1 is 0.806 bits per heavy atom. The lowest BCUT2D eigenvalue weighted by atomic mass is 10.2. The lowest BCUT2D eigenvalue weighted by molar-refractivity contribution is 0.306. The van der Waals surface area contributed by atoms with E-state index < -0.39 is 0 Å². The van der Waals surface area contributed by atoms with Gasteiger partial charge in [-0.05, 0) is 78.9 Å². The largest absolute Gasteiger partial charge is 0.489 e. The van der Waals surface area contributed by atoms with Crippen molar-refractivity contribution < 1.29 is 4.74 Å². The van der Waals surface area contributed by atoms with Gasteiger partial charge in [-0.2, -0.15) is 0 Å². The maximum Gasteiger partial charge on any atom is 0.204 e. The van der Waals surface area contributed by atoms with Crippen molar-refractivity contribution in [3.63, 3.8) is 0 Å². The molecule has 0 aliphatic rings. The molecule has 0 atom stereocenters. The molecule has 1 N–H and O–H groups in total. The minimum absolute atomic E-state index is 0.393. The van der Waals surface area contributed by atoms with Crippen molar-refractivity contribution in [1.82, 2.24) is 14.3 Å². The summed E-state index contributed by atoms with van der Waals surface area (Å²) in [7, 11) is 0. The van der Waals surface area contributed by atoms with Crippen molar-refractivity contribution >= 4 is 41.1 Å². The number of para-hydroxylation sites is 1. The van der Waals surface area contributed by atoms with Gasteiger partial charge in [0.05, 0.1) is 0 Å². The van der Waals surface area contributed by atoms with Gasteiger partial charge in [-0.25, -0.2) is 4.68 Å². The van der Waals surface area contributed by atoms with E-state index in [0.29, 0.717) is 28.1 Å². The van der Waals surface area contributed by atoms with Crippen molar-refractivity contribution in [2.24, 2.45) is 0 Å². The fraction of sp³-hybridized carbons (Fsp3) is 0.0714. The zero-order chi connectivity index (χ0) is 24.9. The van der Waals surface area contributed by atoms with Crippen LogP contribution >= 0.6 is 35.4 Å². The third-order valence-corrected chi connectivity index (χ3v) is 6.61. The predicted octanol–water partition coefficient (Wildman–Crippen LogP) is 8.03. The Morgan fingerprint density at radius 2 is 1.50 bits per heavy atom. The molecule has 5 rings (SSSR count). The summed E-state index contributed by atoms with van der Waals surface area (Å²) < 4.78 is 10.3. The summed E-state index contributed by atoms with van der Waals surface area (Å²) in [6.45, 7) is 0.802. The van der Waals surface area contributed by atoms with Crippen LogP contribution in [0.4, 0.5) is 5.69 Å². The average molecular weight is 533 g/mol. The number of rotatable bonds is 8. The van der Waals surface area contributed by atoms with Crippen LogP contribution in [0.3, 0.4) is 0 Å². The lowest BCUT2D eigenvalue weighted by Crippen LogP contribution is -2.10. The Hall–Kier alpha value is -3.58. The summed E-state index contributed by atoms with van der Waals surface area (Å²) in [6.07, 6.45) is 0. The third-order valence-electron chi connectivity index (χ3n) is 5.60. The molecule has 1 heterocycles. The van der Waals surface area contributed by atoms with Gasteiger partial charge >= 0.3 is 0 Å². The number of halogens is 2. The van der Waals surface area contributed by atoms with E-state index in [-0.39, 0.29) is 0 Å². The molecule has 36 heavy (non-hydrogen) atoms. The molecule has 0 bridgehead atoms. The topological polar surface area (TPSA) is 44.0 Å². The molecule has 8 heteroatoms. The highest BCUT2D eigenvalue weighted by molar-refractivity contribution is 7.71. The molecule has 0 saturated heterocycles. The van der Waals surface area contributed by atoms with E-state index in [1.807, 2.05) is 108 Å². The fourth-order valence-electron chi connectivity index (χ4n) is 3.72. The second kappa shape index (κ2) is 11.0. The smallest absolute Gasteiger partial charge is 0.204 e. The Kier molecular flexibility index (Phi) is 7.37. The monoisotopic (exact) mass is 532 g/mol. The van der Waals surface area contributed by atoms with Crippen LogP contribution in [-0.2, 0) is 13.3 Å². The number of hydrogen-bond donors (Lipinski definition) is 1. The molecule has 0 amide bonds. The van der Waals surface area contributed by atoms with E-state index in [2.05, 4.69) is 5.32 Å². The van der Waals surface area contributed by atoms with Gasteiger partial charge in [0.1, 0.15) is 19.0 Å². The van der Waals surface area contributed by atoms with Crippen molar-refractivity contribution in [3.8, 4) is 22.8 Å². The molecule has 5 aromatic rings. The second-order valence-electron chi connectivity index (χ2n) is 8.02. The highest BCUT2D eigenvalue weighted by Gasteiger charge is 2.15. The van der Waals surface area contributed by atoms with Gasteiger partial charge in [-0.3, -0.25) is 4.57 Å². The number of benzene rings is 4. The van der Waals surface area contributed by atoms with E-state index >= 15 is 0 Å². The second-order valence-corrected chi connectivity index (χ2v) is 9.23. The van der Waals surface area contributed by atoms with E-state index in [0.717, 1.165) is 34.1 Å². The van der Waals surface area contributed by atoms with Crippen molar-refractivity contribution in [2.75, 3.05) is 5.32 Å². The normalized spacial score (nSPS) is 10.8. The SMILES string of the molecule is S=c1n(CNc2ccc(Cl)cc2)nc(-c2ccc(OCc3ccccc3Cl)cc2)n1-c1ccccc1. The van der Waals surface area contributed by atoms with Crippen molar-refractivity contribution in [3.05, 3.63) is 124 Å². The molecule has 0 aliphatic carbocycles. The van der Waals surface area contributed by atoms with E-state index in [1.54, 1.807) is 4.68 Å². The summed E-state index contributed by atoms with van der Waals surface area (Å²) in [4.78, 5) is 0. The van der Waals surface area contributed by atoms with Gasteiger partial charge in [-0.15, -0.1) is 5.10 Å².